The molecule has 16 heteroatoms. The molecule has 1 fully saturated rings. The average molecular weight is 590 g/mol. The Kier molecular flexibility index (Phi) is 10.0. The molecule has 1 aliphatic rings. The number of anilines is 1. The van der Waals surface area contributed by atoms with Gasteiger partial charge in [-0.1, -0.05) is 17.3 Å². The molecule has 2 N–H and O–H groups in total. The number of nitrogens with zero attached hydrogens (tertiary/aromatic N) is 7. The van der Waals surface area contributed by atoms with E-state index < -0.39 is 12.3 Å². The second kappa shape index (κ2) is 13.8. The number of carbonyl (C=O) groups is 3. The van der Waals surface area contributed by atoms with Crippen LogP contribution in [0.5, 0.6) is 5.75 Å². The fourth-order valence-corrected chi connectivity index (χ4v) is 4.29. The zero-order valence-electron chi connectivity index (χ0n) is 22.8. The molecule has 0 aliphatic carbocycles. The van der Waals surface area contributed by atoms with E-state index in [0.717, 1.165) is 18.5 Å². The van der Waals surface area contributed by atoms with E-state index in [0.29, 0.717) is 25.1 Å². The molecular formula is C26H30F3N9O4. The molecule has 1 aromatic carbocycles. The topological polar surface area (TPSA) is 147 Å². The van der Waals surface area contributed by atoms with Gasteiger partial charge in [0.25, 0.3) is 5.91 Å². The zero-order chi connectivity index (χ0) is 30.1. The van der Waals surface area contributed by atoms with E-state index in [4.69, 9.17) is 0 Å². The van der Waals surface area contributed by atoms with Gasteiger partial charge in [0.05, 0.1) is 25.0 Å². The molecular weight excluding hydrogens is 559 g/mol. The van der Waals surface area contributed by atoms with E-state index in [1.54, 1.807) is 34.0 Å². The minimum absolute atomic E-state index is 0.0261. The van der Waals surface area contributed by atoms with E-state index >= 15 is 0 Å². The molecule has 1 aliphatic heterocycles. The second-order valence-electron chi connectivity index (χ2n) is 9.58. The number of unbranched alkanes of at least 4 members (excludes halogenated alkanes) is 1. The van der Waals surface area contributed by atoms with Gasteiger partial charge in [-0.25, -0.2) is 0 Å². The summed E-state index contributed by atoms with van der Waals surface area (Å²) in [5, 5.41) is 21.1. The van der Waals surface area contributed by atoms with Crippen LogP contribution in [0, 0.1) is 0 Å². The van der Waals surface area contributed by atoms with Crippen molar-refractivity contribution in [3.8, 4) is 5.75 Å². The fourth-order valence-electron chi connectivity index (χ4n) is 4.29. The summed E-state index contributed by atoms with van der Waals surface area (Å²) < 4.78 is 43.0. The standard InChI is InChI=1S/C26H30F3N9O4/c1-30-25(41)21-15-38(35-33-21)10-3-2-6-19-8-9-22(34-32-19)31-23(39)16-37-12-11-36(17-24(37)40)14-18-5-4-7-20(13-18)42-26(27,28)29/h4-5,7-9,13,15H,2-3,6,10-12,14,16-17H2,1H3,(H,30,41)(H,31,34,39). The largest absolute Gasteiger partial charge is 0.573 e. The van der Waals surface area contributed by atoms with E-state index in [1.165, 1.54) is 30.1 Å². The molecule has 3 amide bonds. The minimum Gasteiger partial charge on any atom is -0.406 e. The highest BCUT2D eigenvalue weighted by atomic mass is 19.4. The molecule has 13 nitrogen and oxygen atoms in total. The number of aryl methyl sites for hydroxylation is 2. The van der Waals surface area contributed by atoms with Crippen LogP contribution >= 0.6 is 0 Å². The Hall–Kier alpha value is -4.60. The predicted octanol–water partition coefficient (Wildman–Crippen LogP) is 1.63. The quantitative estimate of drug-likeness (QED) is 0.301. The summed E-state index contributed by atoms with van der Waals surface area (Å²) in [4.78, 5) is 39.9. The third-order valence-corrected chi connectivity index (χ3v) is 6.33. The number of hydrogen-bond donors (Lipinski definition) is 2. The van der Waals surface area contributed by atoms with E-state index in [-0.39, 0.29) is 55.3 Å². The van der Waals surface area contributed by atoms with Crippen LogP contribution in [0.1, 0.15) is 34.6 Å². The molecule has 2 aromatic heterocycles. The van der Waals surface area contributed by atoms with Gasteiger partial charge in [0.1, 0.15) is 5.75 Å². The number of alkyl halides is 3. The maximum absolute atomic E-state index is 12.6. The van der Waals surface area contributed by atoms with Gasteiger partial charge in [0, 0.05) is 33.2 Å². The van der Waals surface area contributed by atoms with Crippen molar-refractivity contribution in [2.45, 2.75) is 38.7 Å². The Morgan fingerprint density at radius 3 is 2.62 bits per heavy atom. The van der Waals surface area contributed by atoms with Crippen molar-refractivity contribution in [3.63, 3.8) is 0 Å². The number of benzene rings is 1. The summed E-state index contributed by atoms with van der Waals surface area (Å²) in [5.41, 5.74) is 1.58. The van der Waals surface area contributed by atoms with Crippen LogP contribution in [-0.2, 0) is 29.1 Å². The Labute approximate surface area is 239 Å². The van der Waals surface area contributed by atoms with Crippen molar-refractivity contribution in [1.29, 1.82) is 0 Å². The molecule has 0 atom stereocenters. The summed E-state index contributed by atoms with van der Waals surface area (Å²) in [6.07, 6.45) is -0.940. The van der Waals surface area contributed by atoms with Crippen molar-refractivity contribution in [3.05, 3.63) is 59.5 Å². The van der Waals surface area contributed by atoms with Crippen molar-refractivity contribution >= 4 is 23.5 Å². The fraction of sp³-hybridized carbons (Fsp3) is 0.423. The van der Waals surface area contributed by atoms with Crippen LogP contribution in [0.25, 0.3) is 0 Å². The third kappa shape index (κ3) is 9.22. The summed E-state index contributed by atoms with van der Waals surface area (Å²) in [6.45, 7) is 1.47. The normalized spacial score (nSPS) is 14.1. The van der Waals surface area contributed by atoms with Crippen LogP contribution in [0.3, 0.4) is 0 Å². The van der Waals surface area contributed by atoms with Gasteiger partial charge in [-0.3, -0.25) is 24.0 Å². The first-order chi connectivity index (χ1) is 20.1. The van der Waals surface area contributed by atoms with Crippen LogP contribution in [0.2, 0.25) is 0 Å². The van der Waals surface area contributed by atoms with E-state index in [2.05, 4.69) is 35.9 Å². The van der Waals surface area contributed by atoms with Gasteiger partial charge >= 0.3 is 6.36 Å². The number of carbonyl (C=O) groups excluding carboxylic acids is 3. The first-order valence-corrected chi connectivity index (χ1v) is 13.2. The molecule has 3 heterocycles. The average Bonchev–Trinajstić information content (AvgIpc) is 3.41. The third-order valence-electron chi connectivity index (χ3n) is 6.33. The van der Waals surface area contributed by atoms with Crippen molar-refractivity contribution in [2.24, 2.45) is 0 Å². The number of nitrogens with one attached hydrogen (secondary N) is 2. The lowest BCUT2D eigenvalue weighted by molar-refractivity contribution is -0.274. The molecule has 0 spiro atoms. The van der Waals surface area contributed by atoms with Crippen molar-refractivity contribution in [2.75, 3.05) is 38.5 Å². The second-order valence-corrected chi connectivity index (χ2v) is 9.58. The van der Waals surface area contributed by atoms with E-state index in [1.807, 2.05) is 0 Å². The van der Waals surface area contributed by atoms with Gasteiger partial charge in [-0.05, 0) is 49.1 Å². The Bertz CT molecular complexity index is 1380. The molecule has 0 radical (unpaired) electrons. The van der Waals surface area contributed by atoms with Crippen LogP contribution in [0.15, 0.2) is 42.6 Å². The van der Waals surface area contributed by atoms with E-state index in [9.17, 15) is 27.6 Å². The van der Waals surface area contributed by atoms with Gasteiger partial charge in [-0.15, -0.1) is 23.4 Å². The number of halogens is 3. The smallest absolute Gasteiger partial charge is 0.406 e. The Balaban J connectivity index is 1.16. The summed E-state index contributed by atoms with van der Waals surface area (Å²) in [6, 6.07) is 9.02. The highest BCUT2D eigenvalue weighted by Gasteiger charge is 2.31. The van der Waals surface area contributed by atoms with Gasteiger partial charge in [0.2, 0.25) is 11.8 Å². The molecule has 0 saturated carbocycles. The summed E-state index contributed by atoms with van der Waals surface area (Å²) >= 11 is 0. The number of hydrogen-bond acceptors (Lipinski definition) is 9. The molecule has 0 unspecified atom stereocenters. The molecule has 42 heavy (non-hydrogen) atoms. The van der Waals surface area contributed by atoms with Gasteiger partial charge in [0.15, 0.2) is 11.5 Å². The lowest BCUT2D eigenvalue weighted by Gasteiger charge is -2.33. The molecule has 4 rings (SSSR count). The number of amides is 3. The zero-order valence-corrected chi connectivity index (χ0v) is 22.8. The number of rotatable bonds is 12. The lowest BCUT2D eigenvalue weighted by Crippen LogP contribution is -2.51. The van der Waals surface area contributed by atoms with Crippen molar-refractivity contribution < 1.29 is 32.3 Å². The lowest BCUT2D eigenvalue weighted by atomic mass is 10.2. The Morgan fingerprint density at radius 2 is 1.90 bits per heavy atom. The summed E-state index contributed by atoms with van der Waals surface area (Å²) in [7, 11) is 1.53. The maximum atomic E-state index is 12.6. The van der Waals surface area contributed by atoms with Crippen LogP contribution < -0.4 is 15.4 Å². The molecule has 3 aromatic rings. The predicted molar refractivity (Wildman–Crippen MR) is 142 cm³/mol. The monoisotopic (exact) mass is 589 g/mol. The summed E-state index contributed by atoms with van der Waals surface area (Å²) in [5.74, 6) is -1.03. The number of aromatic nitrogens is 5. The first kappa shape index (κ1) is 30.4. The van der Waals surface area contributed by atoms with Crippen LogP contribution in [-0.4, -0.2) is 92.3 Å². The maximum Gasteiger partial charge on any atom is 0.573 e. The van der Waals surface area contributed by atoms with Crippen LogP contribution in [0.4, 0.5) is 19.0 Å². The first-order valence-electron chi connectivity index (χ1n) is 13.2. The molecule has 0 bridgehead atoms. The molecule has 1 saturated heterocycles. The van der Waals surface area contributed by atoms with Crippen molar-refractivity contribution in [1.82, 2.24) is 40.3 Å². The molecule has 224 valence electrons. The number of piperazine rings is 1. The van der Waals surface area contributed by atoms with Gasteiger partial charge < -0.3 is 20.3 Å². The SMILES string of the molecule is CNC(=O)c1cn(CCCCc2ccc(NC(=O)CN3CCN(Cc4cccc(OC(F)(F)F)c4)CC3=O)nn2)nn1. The Morgan fingerprint density at radius 1 is 1.07 bits per heavy atom. The number of ether oxygens (including phenoxy) is 1. The highest BCUT2D eigenvalue weighted by Crippen LogP contribution is 2.24. The highest BCUT2D eigenvalue weighted by molar-refractivity contribution is 5.94. The minimum atomic E-state index is -4.78. The van der Waals surface area contributed by atoms with Gasteiger partial charge in [-0.2, -0.15) is 5.10 Å².